The average Bonchev–Trinajstić information content (AvgIpc) is 3.56. The van der Waals surface area contributed by atoms with E-state index in [4.69, 9.17) is 4.74 Å². The normalized spacial score (nSPS) is 20.7. The Morgan fingerprint density at radius 3 is 2.13 bits per heavy atom. The second-order valence-electron chi connectivity index (χ2n) is 15.0. The van der Waals surface area contributed by atoms with Crippen LogP contribution in [0.2, 0.25) is 0 Å². The summed E-state index contributed by atoms with van der Waals surface area (Å²) in [6.07, 6.45) is 0. The summed E-state index contributed by atoms with van der Waals surface area (Å²) in [5.74, 6) is 4.36. The van der Waals surface area contributed by atoms with Crippen molar-refractivity contribution in [2.45, 2.75) is 44.2 Å². The van der Waals surface area contributed by atoms with Crippen LogP contribution in [0.15, 0.2) is 97.1 Å². The number of fused-ring (bicyclic) bond motifs is 5. The van der Waals surface area contributed by atoms with Crippen molar-refractivity contribution in [3.05, 3.63) is 130 Å². The number of benzene rings is 4. The fraction of sp³-hybridized carbons (Fsp3) is 0.171. The van der Waals surface area contributed by atoms with E-state index in [9.17, 15) is 0 Å². The number of anilines is 3. The molecule has 9 heterocycles. The summed E-state index contributed by atoms with van der Waals surface area (Å²) in [7, 11) is 0. The first-order valence-electron chi connectivity index (χ1n) is 16.4. The summed E-state index contributed by atoms with van der Waals surface area (Å²) in [4.78, 5) is 2.63. The Hall–Kier alpha value is -5.42. The van der Waals surface area contributed by atoms with Crippen LogP contribution in [0, 0.1) is 0 Å². The predicted octanol–water partition coefficient (Wildman–Crippen LogP) is 8.12. The van der Waals surface area contributed by atoms with Crippen molar-refractivity contribution in [2.24, 2.45) is 0 Å². The number of hydrogen-bond acceptors (Lipinski definition) is 2. The van der Waals surface area contributed by atoms with Crippen LogP contribution in [0.1, 0.15) is 61.1 Å². The van der Waals surface area contributed by atoms with E-state index in [-0.39, 0.29) is 10.8 Å². The molecular weight excluding hydrogens is 564 g/mol. The Kier molecular flexibility index (Phi) is 3.22. The standard InChI is InChI=1S/C41H28N4O/c1-39(2)23-10-7-11-24-36(23)43-37-25(39)17-20-31-34(37)41-33-30(46-31)19-15-22-21-9-5-6-12-27(21)42(35(22)33)32-14-8-13-28(44(32)41)29-18-16-26(40(24,3)4)38(43)45(29)41/h5-20H,1-4H3/q+2. The molecule has 0 N–H and O–H groups in total. The van der Waals surface area contributed by atoms with Gasteiger partial charge in [-0.2, -0.15) is 18.6 Å². The lowest BCUT2D eigenvalue weighted by atomic mass is 9.64. The average molecular weight is 593 g/mol. The number of aromatic nitrogens is 3. The first-order valence-corrected chi connectivity index (χ1v) is 16.4. The van der Waals surface area contributed by atoms with Gasteiger partial charge >= 0.3 is 5.66 Å². The molecule has 0 fully saturated rings. The Morgan fingerprint density at radius 2 is 1.26 bits per heavy atom. The van der Waals surface area contributed by atoms with Crippen LogP contribution in [0.25, 0.3) is 39.0 Å². The van der Waals surface area contributed by atoms with Gasteiger partial charge in [-0.3, -0.25) is 0 Å². The fourth-order valence-electron chi connectivity index (χ4n) is 10.6. The van der Waals surface area contributed by atoms with E-state index in [0.717, 1.165) is 11.5 Å². The zero-order valence-corrected chi connectivity index (χ0v) is 25.9. The van der Waals surface area contributed by atoms with Gasteiger partial charge in [-0.25, -0.2) is 0 Å². The van der Waals surface area contributed by atoms with Crippen LogP contribution in [0.5, 0.6) is 11.5 Å². The summed E-state index contributed by atoms with van der Waals surface area (Å²) >= 11 is 0. The maximum atomic E-state index is 7.08. The second-order valence-corrected chi connectivity index (χ2v) is 15.0. The van der Waals surface area contributed by atoms with Crippen LogP contribution in [-0.4, -0.2) is 4.57 Å². The maximum Gasteiger partial charge on any atom is 0.323 e. The van der Waals surface area contributed by atoms with E-state index in [2.05, 4.69) is 143 Å². The zero-order chi connectivity index (χ0) is 30.2. The van der Waals surface area contributed by atoms with E-state index in [1.54, 1.807) is 0 Å². The first-order chi connectivity index (χ1) is 22.4. The molecule has 216 valence electrons. The minimum atomic E-state index is -0.642. The monoisotopic (exact) mass is 592 g/mol. The van der Waals surface area contributed by atoms with Gasteiger partial charge in [0.2, 0.25) is 0 Å². The quantitative estimate of drug-likeness (QED) is 0.166. The van der Waals surface area contributed by atoms with Crippen LogP contribution >= 0.6 is 0 Å². The highest BCUT2D eigenvalue weighted by molar-refractivity contribution is 6.12. The van der Waals surface area contributed by atoms with Gasteiger partial charge in [0.15, 0.2) is 22.6 Å². The van der Waals surface area contributed by atoms with Crippen LogP contribution < -0.4 is 18.8 Å². The van der Waals surface area contributed by atoms with Crippen molar-refractivity contribution in [1.29, 1.82) is 0 Å². The molecule has 0 aliphatic carbocycles. The molecule has 3 aromatic heterocycles. The number of nitrogens with zero attached hydrogens (tertiary/aromatic N) is 4. The lowest BCUT2D eigenvalue weighted by molar-refractivity contribution is -0.932. The molecule has 6 aliphatic rings. The first kappa shape index (κ1) is 23.0. The third kappa shape index (κ3) is 1.92. The van der Waals surface area contributed by atoms with Crippen LogP contribution in [0.3, 0.4) is 0 Å². The molecular formula is C41H28N4O+2. The molecule has 5 nitrogen and oxygen atoms in total. The highest BCUT2D eigenvalue weighted by Crippen LogP contribution is 2.67. The predicted molar refractivity (Wildman–Crippen MR) is 177 cm³/mol. The molecule has 0 saturated heterocycles. The molecule has 6 aliphatic heterocycles. The van der Waals surface area contributed by atoms with Crippen LogP contribution in [0.4, 0.5) is 17.2 Å². The largest absolute Gasteiger partial charge is 0.456 e. The van der Waals surface area contributed by atoms with Gasteiger partial charge in [0.25, 0.3) is 11.6 Å². The Morgan fingerprint density at radius 1 is 0.565 bits per heavy atom. The molecule has 0 radical (unpaired) electrons. The van der Waals surface area contributed by atoms with Gasteiger partial charge < -0.3 is 4.74 Å². The number of para-hydroxylation sites is 2. The van der Waals surface area contributed by atoms with Gasteiger partial charge in [-0.15, -0.1) is 0 Å². The van der Waals surface area contributed by atoms with Gasteiger partial charge in [0, 0.05) is 44.4 Å². The summed E-state index contributed by atoms with van der Waals surface area (Å²) in [5.41, 5.74) is 14.5. The molecule has 13 rings (SSSR count). The zero-order valence-electron chi connectivity index (χ0n) is 25.9. The minimum absolute atomic E-state index is 0.190. The number of rotatable bonds is 0. The molecule has 1 atom stereocenters. The van der Waals surface area contributed by atoms with Crippen molar-refractivity contribution in [2.75, 3.05) is 4.90 Å². The molecule has 0 amide bonds. The Labute approximate surface area is 265 Å². The van der Waals surface area contributed by atoms with Gasteiger partial charge in [0.1, 0.15) is 33.8 Å². The number of ether oxygens (including phenoxy) is 1. The van der Waals surface area contributed by atoms with Gasteiger partial charge in [-0.1, -0.05) is 64.1 Å². The summed E-state index contributed by atoms with van der Waals surface area (Å²) in [6.45, 7) is 9.65. The smallest absolute Gasteiger partial charge is 0.323 e. The SMILES string of the molecule is CC1(C)c2cccc3c2N2c4c1ccc1c4C45c6c(ccc7c8ccccc8n(c67)-c6cccc([n+]64)-c4ccc(c2[n+]45)C3(C)C)O1. The molecule has 1 spiro atoms. The van der Waals surface area contributed by atoms with Crippen molar-refractivity contribution >= 4 is 39.0 Å². The molecule has 7 aromatic rings. The van der Waals surface area contributed by atoms with E-state index in [1.807, 2.05) is 0 Å². The number of hydrogen-bond donors (Lipinski definition) is 0. The molecule has 1 unspecified atom stereocenters. The molecule has 0 bridgehead atoms. The molecule has 0 saturated carbocycles. The highest BCUT2D eigenvalue weighted by Gasteiger charge is 2.72. The lowest BCUT2D eigenvalue weighted by Crippen LogP contribution is -2.76. The lowest BCUT2D eigenvalue weighted by Gasteiger charge is -2.50. The number of pyridine rings is 2. The topological polar surface area (TPSA) is 25.2 Å². The van der Waals surface area contributed by atoms with Gasteiger partial charge in [-0.05, 0) is 54.6 Å². The summed E-state index contributed by atoms with van der Waals surface area (Å²) < 4.78 is 14.9. The molecule has 4 aromatic carbocycles. The third-order valence-electron chi connectivity index (χ3n) is 12.5. The minimum Gasteiger partial charge on any atom is -0.456 e. The van der Waals surface area contributed by atoms with E-state index in [1.165, 1.54) is 89.6 Å². The van der Waals surface area contributed by atoms with Crippen molar-refractivity contribution in [3.63, 3.8) is 0 Å². The third-order valence-corrected chi connectivity index (χ3v) is 12.5. The van der Waals surface area contributed by atoms with E-state index >= 15 is 0 Å². The molecule has 46 heavy (non-hydrogen) atoms. The van der Waals surface area contributed by atoms with E-state index in [0.29, 0.717) is 0 Å². The van der Waals surface area contributed by atoms with Gasteiger partial charge in [0.05, 0.1) is 5.56 Å². The fourth-order valence-corrected chi connectivity index (χ4v) is 10.6. The summed E-state index contributed by atoms with van der Waals surface area (Å²) in [6, 6.07) is 36.6. The second kappa shape index (κ2) is 6.45. The van der Waals surface area contributed by atoms with E-state index < -0.39 is 5.66 Å². The van der Waals surface area contributed by atoms with Crippen molar-refractivity contribution in [3.8, 4) is 28.7 Å². The van der Waals surface area contributed by atoms with Crippen molar-refractivity contribution < 1.29 is 13.9 Å². The maximum absolute atomic E-state index is 7.08. The summed E-state index contributed by atoms with van der Waals surface area (Å²) in [5, 5.41) is 2.54. The Bertz CT molecular complexity index is 2730. The highest BCUT2D eigenvalue weighted by atomic mass is 16.5. The van der Waals surface area contributed by atoms with Crippen molar-refractivity contribution in [1.82, 2.24) is 4.57 Å². The van der Waals surface area contributed by atoms with Crippen LogP contribution in [-0.2, 0) is 16.5 Å². The molecule has 5 heteroatoms. The Balaban J connectivity index is 1.37.